The van der Waals surface area contributed by atoms with Gasteiger partial charge in [0.1, 0.15) is 23.8 Å². The lowest BCUT2D eigenvalue weighted by Crippen LogP contribution is -2.13. The first-order chi connectivity index (χ1) is 13.7. The summed E-state index contributed by atoms with van der Waals surface area (Å²) in [6.07, 6.45) is 0. The van der Waals surface area contributed by atoms with E-state index in [1.54, 1.807) is 24.3 Å². The van der Waals surface area contributed by atoms with Gasteiger partial charge in [-0.2, -0.15) is 0 Å². The first kappa shape index (κ1) is 17.5. The lowest BCUT2D eigenvalue weighted by molar-refractivity contribution is 0.0464. The Labute approximate surface area is 161 Å². The summed E-state index contributed by atoms with van der Waals surface area (Å²) in [6, 6.07) is 25.0. The molecule has 0 spiro atoms. The third-order valence-electron chi connectivity index (χ3n) is 4.26. The Balaban J connectivity index is 1.52. The van der Waals surface area contributed by atoms with Crippen LogP contribution in [0.25, 0.3) is 10.9 Å². The van der Waals surface area contributed by atoms with Crippen molar-refractivity contribution >= 4 is 16.9 Å². The van der Waals surface area contributed by atoms with Crippen molar-refractivity contribution in [1.82, 2.24) is 4.98 Å². The number of hydrogen-bond donors (Lipinski definition) is 1. The summed E-state index contributed by atoms with van der Waals surface area (Å²) < 4.78 is 11.3. The Morgan fingerprint density at radius 2 is 1.57 bits per heavy atom. The van der Waals surface area contributed by atoms with Crippen LogP contribution in [0.2, 0.25) is 0 Å². The first-order valence-corrected chi connectivity index (χ1v) is 8.81. The average molecular weight is 371 g/mol. The molecule has 0 amide bonds. The van der Waals surface area contributed by atoms with E-state index in [-0.39, 0.29) is 17.7 Å². The molecule has 1 heterocycles. The molecular formula is C23H17NO4. The van der Waals surface area contributed by atoms with Gasteiger partial charge >= 0.3 is 5.97 Å². The fourth-order valence-corrected chi connectivity index (χ4v) is 2.87. The van der Waals surface area contributed by atoms with E-state index in [1.165, 1.54) is 6.07 Å². The molecule has 3 aromatic carbocycles. The summed E-state index contributed by atoms with van der Waals surface area (Å²) in [7, 11) is 0. The number of fused-ring (bicyclic) bond motifs is 1. The van der Waals surface area contributed by atoms with Gasteiger partial charge in [0.2, 0.25) is 0 Å². The Morgan fingerprint density at radius 3 is 2.43 bits per heavy atom. The van der Waals surface area contributed by atoms with Gasteiger partial charge < -0.3 is 14.5 Å². The molecule has 0 aliphatic carbocycles. The number of aromatic nitrogens is 1. The molecule has 4 aromatic rings. The van der Waals surface area contributed by atoms with Crippen molar-refractivity contribution in [2.24, 2.45) is 0 Å². The minimum Gasteiger partial charge on any atom is -0.457 e. The summed E-state index contributed by atoms with van der Waals surface area (Å²) >= 11 is 0. The van der Waals surface area contributed by atoms with E-state index in [0.717, 1.165) is 5.56 Å². The molecule has 1 aromatic heterocycles. The van der Waals surface area contributed by atoms with Crippen molar-refractivity contribution in [3.63, 3.8) is 0 Å². The number of carbonyl (C=O) groups excluding carboxylic acids is 1. The number of aromatic amines is 1. The third kappa shape index (κ3) is 3.78. The van der Waals surface area contributed by atoms with Crippen molar-refractivity contribution in [2.45, 2.75) is 6.61 Å². The highest BCUT2D eigenvalue weighted by atomic mass is 16.5. The maximum absolute atomic E-state index is 12.5. The van der Waals surface area contributed by atoms with Gasteiger partial charge in [-0.25, -0.2) is 4.79 Å². The number of benzene rings is 3. The summed E-state index contributed by atoms with van der Waals surface area (Å²) in [4.78, 5) is 27.6. The van der Waals surface area contributed by atoms with Gasteiger partial charge in [0.05, 0.1) is 0 Å². The molecule has 138 valence electrons. The first-order valence-electron chi connectivity index (χ1n) is 8.81. The third-order valence-corrected chi connectivity index (χ3v) is 4.26. The predicted octanol–water partition coefficient (Wildman–Crippen LogP) is 4.68. The van der Waals surface area contributed by atoms with E-state index >= 15 is 0 Å². The van der Waals surface area contributed by atoms with Crippen LogP contribution in [0.4, 0.5) is 0 Å². The van der Waals surface area contributed by atoms with Crippen LogP contribution in [0.3, 0.4) is 0 Å². The lowest BCUT2D eigenvalue weighted by Gasteiger charge is -2.11. The standard InChI is InChI=1S/C23H17NO4/c25-21-14-20(24-19-12-6-5-11-18(19)21)23(26)27-15-16-8-4-7-13-22(16)28-17-9-2-1-3-10-17/h1-14H,15H2,(H,24,25). The van der Waals surface area contributed by atoms with Gasteiger partial charge in [-0.3, -0.25) is 4.79 Å². The largest absolute Gasteiger partial charge is 0.457 e. The molecule has 0 atom stereocenters. The number of ether oxygens (including phenoxy) is 2. The van der Waals surface area contributed by atoms with Crippen LogP contribution >= 0.6 is 0 Å². The van der Waals surface area contributed by atoms with Crippen LogP contribution in [0.15, 0.2) is 89.7 Å². The second-order valence-electron chi connectivity index (χ2n) is 6.19. The highest BCUT2D eigenvalue weighted by Crippen LogP contribution is 2.25. The molecule has 5 nitrogen and oxygen atoms in total. The van der Waals surface area contributed by atoms with E-state index in [4.69, 9.17) is 9.47 Å². The summed E-state index contributed by atoms with van der Waals surface area (Å²) in [5.74, 6) is 0.700. The van der Waals surface area contributed by atoms with Crippen LogP contribution in [-0.2, 0) is 11.3 Å². The zero-order chi connectivity index (χ0) is 19.3. The molecule has 4 rings (SSSR count). The van der Waals surface area contributed by atoms with Crippen LogP contribution in [0, 0.1) is 0 Å². The second kappa shape index (κ2) is 7.80. The molecule has 0 bridgehead atoms. The zero-order valence-electron chi connectivity index (χ0n) is 14.9. The van der Waals surface area contributed by atoms with Gasteiger partial charge in [0.25, 0.3) is 0 Å². The van der Waals surface area contributed by atoms with E-state index in [2.05, 4.69) is 4.98 Å². The molecule has 28 heavy (non-hydrogen) atoms. The maximum Gasteiger partial charge on any atom is 0.355 e. The SMILES string of the molecule is O=C(OCc1ccccc1Oc1ccccc1)c1cc(=O)c2ccccc2[nH]1. The second-order valence-corrected chi connectivity index (χ2v) is 6.19. The molecule has 0 saturated carbocycles. The molecule has 0 unspecified atom stereocenters. The van der Waals surface area contributed by atoms with Crippen molar-refractivity contribution in [3.05, 3.63) is 106 Å². The van der Waals surface area contributed by atoms with Gasteiger partial charge in [-0.15, -0.1) is 0 Å². The van der Waals surface area contributed by atoms with Crippen LogP contribution < -0.4 is 10.2 Å². The molecular weight excluding hydrogens is 354 g/mol. The Bertz CT molecular complexity index is 1180. The van der Waals surface area contributed by atoms with Gasteiger partial charge in [-0.1, -0.05) is 48.5 Å². The normalized spacial score (nSPS) is 10.6. The van der Waals surface area contributed by atoms with Gasteiger partial charge in [-0.05, 0) is 30.3 Å². The van der Waals surface area contributed by atoms with Gasteiger partial charge in [0.15, 0.2) is 5.43 Å². The monoisotopic (exact) mass is 371 g/mol. The van der Waals surface area contributed by atoms with Crippen molar-refractivity contribution in [3.8, 4) is 11.5 Å². The molecule has 0 aliphatic heterocycles. The van der Waals surface area contributed by atoms with E-state index < -0.39 is 5.97 Å². The molecule has 1 N–H and O–H groups in total. The highest BCUT2D eigenvalue weighted by Gasteiger charge is 2.13. The average Bonchev–Trinajstić information content (AvgIpc) is 2.73. The van der Waals surface area contributed by atoms with Crippen molar-refractivity contribution < 1.29 is 14.3 Å². The molecule has 5 heteroatoms. The summed E-state index contributed by atoms with van der Waals surface area (Å²) in [6.45, 7) is 0.0245. The smallest absolute Gasteiger partial charge is 0.355 e. The van der Waals surface area contributed by atoms with E-state index in [1.807, 2.05) is 54.6 Å². The van der Waals surface area contributed by atoms with Crippen LogP contribution in [0.5, 0.6) is 11.5 Å². The van der Waals surface area contributed by atoms with E-state index in [0.29, 0.717) is 22.4 Å². The summed E-state index contributed by atoms with van der Waals surface area (Å²) in [5, 5.41) is 0.528. The number of pyridine rings is 1. The minimum atomic E-state index is -0.600. The fraction of sp³-hybridized carbons (Fsp3) is 0.0435. The lowest BCUT2D eigenvalue weighted by atomic mass is 10.2. The Morgan fingerprint density at radius 1 is 0.857 bits per heavy atom. The number of H-pyrrole nitrogens is 1. The maximum atomic E-state index is 12.5. The Hall–Kier alpha value is -3.86. The number of esters is 1. The highest BCUT2D eigenvalue weighted by molar-refractivity contribution is 5.90. The Kier molecular flexibility index (Phi) is 4.89. The molecule has 0 aliphatic rings. The van der Waals surface area contributed by atoms with Crippen molar-refractivity contribution in [2.75, 3.05) is 0 Å². The summed E-state index contributed by atoms with van der Waals surface area (Å²) in [5.41, 5.74) is 1.21. The number of hydrogen-bond acceptors (Lipinski definition) is 4. The quantitative estimate of drug-likeness (QED) is 0.517. The molecule has 0 radical (unpaired) electrons. The van der Waals surface area contributed by atoms with Gasteiger partial charge in [0, 0.05) is 22.5 Å². The topological polar surface area (TPSA) is 68.4 Å². The molecule has 0 saturated heterocycles. The zero-order valence-corrected chi connectivity index (χ0v) is 14.9. The van der Waals surface area contributed by atoms with E-state index in [9.17, 15) is 9.59 Å². The van der Waals surface area contributed by atoms with Crippen LogP contribution in [0.1, 0.15) is 16.1 Å². The number of carbonyl (C=O) groups is 1. The fourth-order valence-electron chi connectivity index (χ4n) is 2.87. The number of para-hydroxylation sites is 3. The van der Waals surface area contributed by atoms with Crippen molar-refractivity contribution in [1.29, 1.82) is 0 Å². The minimum absolute atomic E-state index is 0.0245. The number of nitrogens with one attached hydrogen (secondary N) is 1. The molecule has 0 fully saturated rings. The van der Waals surface area contributed by atoms with Crippen LogP contribution in [-0.4, -0.2) is 11.0 Å². The number of rotatable bonds is 5. The predicted molar refractivity (Wildman–Crippen MR) is 107 cm³/mol.